The van der Waals surface area contributed by atoms with Gasteiger partial charge in [0, 0.05) is 17.7 Å². The molecule has 0 fully saturated rings. The maximum absolute atomic E-state index is 4.36. The number of nitrogens with zero attached hydrogens (tertiary/aromatic N) is 4. The van der Waals surface area contributed by atoms with E-state index in [-0.39, 0.29) is 0 Å². The first-order valence-corrected chi connectivity index (χ1v) is 6.92. The van der Waals surface area contributed by atoms with Gasteiger partial charge in [-0.25, -0.2) is 0 Å². The van der Waals surface area contributed by atoms with Crippen LogP contribution in [0.5, 0.6) is 0 Å². The molecule has 0 spiro atoms. The number of aryl methyl sites for hydroxylation is 1. The average molecular weight is 324 g/mol. The van der Waals surface area contributed by atoms with Crippen molar-refractivity contribution in [3.05, 3.63) is 28.5 Å². The van der Waals surface area contributed by atoms with Crippen molar-refractivity contribution < 1.29 is 0 Å². The monoisotopic (exact) mass is 323 g/mol. The smallest absolute Gasteiger partial charge is 0.173 e. The summed E-state index contributed by atoms with van der Waals surface area (Å²) in [6, 6.07) is 3.88. The predicted octanol–water partition coefficient (Wildman–Crippen LogP) is 2.97. The Balaban J connectivity index is 2.31. The molecule has 0 aliphatic rings. The van der Waals surface area contributed by atoms with Crippen molar-refractivity contribution in [1.29, 1.82) is 0 Å². The number of rotatable bonds is 2. The highest BCUT2D eigenvalue weighted by molar-refractivity contribution is 9.10. The van der Waals surface area contributed by atoms with E-state index in [1.807, 2.05) is 36.7 Å². The number of nitrogens with one attached hydrogen (secondary N) is 1. The van der Waals surface area contributed by atoms with Crippen LogP contribution in [0, 0.1) is 6.92 Å². The summed E-state index contributed by atoms with van der Waals surface area (Å²) in [5.74, 6) is 0.807. The molecule has 0 bridgehead atoms. The number of fused-ring (bicyclic) bond motifs is 1. The quantitative estimate of drug-likeness (QED) is 0.787. The summed E-state index contributed by atoms with van der Waals surface area (Å²) in [7, 11) is 1.88. The van der Waals surface area contributed by atoms with Gasteiger partial charge in [-0.1, -0.05) is 0 Å². The molecule has 3 aromatic rings. The summed E-state index contributed by atoms with van der Waals surface area (Å²) in [6.45, 7) is 1.98. The second-order valence-corrected chi connectivity index (χ2v) is 5.51. The molecule has 3 heterocycles. The highest BCUT2D eigenvalue weighted by Crippen LogP contribution is 2.33. The molecule has 0 aromatic carbocycles. The minimum Gasteiger partial charge on any atom is -0.378 e. The lowest BCUT2D eigenvalue weighted by Crippen LogP contribution is -1.94. The van der Waals surface area contributed by atoms with Crippen LogP contribution in [-0.2, 0) is 0 Å². The second kappa shape index (κ2) is 4.33. The van der Waals surface area contributed by atoms with Crippen LogP contribution >= 0.6 is 27.5 Å². The fraction of sp³-hybridized carbons (Fsp3) is 0.182. The van der Waals surface area contributed by atoms with Gasteiger partial charge in [-0.15, -0.1) is 10.2 Å². The summed E-state index contributed by atoms with van der Waals surface area (Å²) >= 11 is 4.90. The molecule has 7 heteroatoms. The molecule has 92 valence electrons. The Kier molecular flexibility index (Phi) is 2.79. The number of aromatic nitrogens is 4. The van der Waals surface area contributed by atoms with Gasteiger partial charge in [0.05, 0.1) is 11.3 Å². The molecule has 0 aliphatic carbocycles. The lowest BCUT2D eigenvalue weighted by atomic mass is 10.2. The lowest BCUT2D eigenvalue weighted by Gasteiger charge is -2.02. The van der Waals surface area contributed by atoms with Crippen LogP contribution < -0.4 is 5.32 Å². The Morgan fingerprint density at radius 3 is 2.94 bits per heavy atom. The van der Waals surface area contributed by atoms with E-state index < -0.39 is 0 Å². The highest BCUT2D eigenvalue weighted by atomic mass is 79.9. The SMILES string of the molecule is CNc1snc(C)c1-c1nnc2ccc(Br)cn12. The Morgan fingerprint density at radius 2 is 2.17 bits per heavy atom. The average Bonchev–Trinajstić information content (AvgIpc) is 2.92. The van der Waals surface area contributed by atoms with Crippen molar-refractivity contribution in [3.63, 3.8) is 0 Å². The first-order chi connectivity index (χ1) is 8.70. The van der Waals surface area contributed by atoms with Crippen LogP contribution in [0.4, 0.5) is 5.00 Å². The summed E-state index contributed by atoms with van der Waals surface area (Å²) in [5, 5.41) is 12.6. The van der Waals surface area contributed by atoms with Gasteiger partial charge in [-0.05, 0) is 46.5 Å². The van der Waals surface area contributed by atoms with E-state index in [2.05, 4.69) is 35.8 Å². The number of hydrogen-bond acceptors (Lipinski definition) is 5. The van der Waals surface area contributed by atoms with Crippen molar-refractivity contribution in [2.24, 2.45) is 0 Å². The Morgan fingerprint density at radius 1 is 1.33 bits per heavy atom. The van der Waals surface area contributed by atoms with Gasteiger partial charge in [0.2, 0.25) is 0 Å². The normalized spacial score (nSPS) is 11.1. The molecule has 3 rings (SSSR count). The molecule has 0 saturated heterocycles. The molecule has 5 nitrogen and oxygen atoms in total. The van der Waals surface area contributed by atoms with Crippen LogP contribution in [0.1, 0.15) is 5.69 Å². The van der Waals surface area contributed by atoms with Crippen LogP contribution in [0.3, 0.4) is 0 Å². The van der Waals surface area contributed by atoms with Crippen molar-refractivity contribution in [3.8, 4) is 11.4 Å². The Hall–Kier alpha value is -1.47. The number of halogens is 1. The van der Waals surface area contributed by atoms with E-state index >= 15 is 0 Å². The molecule has 0 unspecified atom stereocenters. The van der Waals surface area contributed by atoms with Gasteiger partial charge >= 0.3 is 0 Å². The Labute approximate surface area is 116 Å². The first-order valence-electron chi connectivity index (χ1n) is 5.35. The fourth-order valence-corrected chi connectivity index (χ4v) is 2.92. The third kappa shape index (κ3) is 1.70. The summed E-state index contributed by atoms with van der Waals surface area (Å²) in [5.41, 5.74) is 2.78. The van der Waals surface area contributed by atoms with Crippen LogP contribution in [0.25, 0.3) is 17.0 Å². The van der Waals surface area contributed by atoms with Crippen LogP contribution in [0.2, 0.25) is 0 Å². The van der Waals surface area contributed by atoms with E-state index in [9.17, 15) is 0 Å². The van der Waals surface area contributed by atoms with E-state index in [0.29, 0.717) is 0 Å². The van der Waals surface area contributed by atoms with Crippen molar-refractivity contribution in [1.82, 2.24) is 19.0 Å². The molecule has 1 N–H and O–H groups in total. The zero-order valence-electron chi connectivity index (χ0n) is 9.81. The third-order valence-electron chi connectivity index (χ3n) is 2.68. The van der Waals surface area contributed by atoms with Gasteiger partial charge in [-0.2, -0.15) is 4.37 Å². The lowest BCUT2D eigenvalue weighted by molar-refractivity contribution is 1.10. The minimum absolute atomic E-state index is 0.807. The van der Waals surface area contributed by atoms with E-state index in [1.165, 1.54) is 11.5 Å². The van der Waals surface area contributed by atoms with Crippen LogP contribution in [-0.4, -0.2) is 26.0 Å². The van der Waals surface area contributed by atoms with Crippen molar-refractivity contribution >= 4 is 38.1 Å². The summed E-state index contributed by atoms with van der Waals surface area (Å²) < 4.78 is 7.31. The molecule has 0 aliphatic heterocycles. The van der Waals surface area contributed by atoms with E-state index in [1.54, 1.807) is 0 Å². The van der Waals surface area contributed by atoms with Gasteiger partial charge in [0.25, 0.3) is 0 Å². The second-order valence-electron chi connectivity index (χ2n) is 3.82. The molecule has 18 heavy (non-hydrogen) atoms. The van der Waals surface area contributed by atoms with Crippen molar-refractivity contribution in [2.45, 2.75) is 6.92 Å². The minimum atomic E-state index is 0.807. The third-order valence-corrected chi connectivity index (χ3v) is 4.10. The predicted molar refractivity (Wildman–Crippen MR) is 76.1 cm³/mol. The summed E-state index contributed by atoms with van der Waals surface area (Å²) in [4.78, 5) is 0. The van der Waals surface area contributed by atoms with Gasteiger partial charge in [-0.3, -0.25) is 4.40 Å². The van der Waals surface area contributed by atoms with E-state index in [4.69, 9.17) is 0 Å². The standard InChI is InChI=1S/C11H10BrN5S/c1-6-9(11(13-2)18-16-6)10-15-14-8-4-3-7(12)5-17(8)10/h3-5,13H,1-2H3. The van der Waals surface area contributed by atoms with Crippen LogP contribution in [0.15, 0.2) is 22.8 Å². The summed E-state index contributed by atoms with van der Waals surface area (Å²) in [6.07, 6.45) is 1.96. The maximum Gasteiger partial charge on any atom is 0.173 e. The van der Waals surface area contributed by atoms with Gasteiger partial charge in [0.15, 0.2) is 11.5 Å². The van der Waals surface area contributed by atoms with Gasteiger partial charge < -0.3 is 5.32 Å². The number of hydrogen-bond donors (Lipinski definition) is 1. The van der Waals surface area contributed by atoms with Crippen molar-refractivity contribution in [2.75, 3.05) is 12.4 Å². The highest BCUT2D eigenvalue weighted by Gasteiger charge is 2.17. The molecule has 3 aromatic heterocycles. The zero-order chi connectivity index (χ0) is 12.7. The molecular formula is C11H10BrN5S. The fourth-order valence-electron chi connectivity index (χ4n) is 1.84. The van der Waals surface area contributed by atoms with Gasteiger partial charge in [0.1, 0.15) is 5.00 Å². The molecule has 0 atom stereocenters. The largest absolute Gasteiger partial charge is 0.378 e. The number of anilines is 1. The molecule has 0 radical (unpaired) electrons. The maximum atomic E-state index is 4.36. The van der Waals surface area contributed by atoms with E-state index in [0.717, 1.165) is 32.2 Å². The molecule has 0 amide bonds. The zero-order valence-corrected chi connectivity index (χ0v) is 12.2. The Bertz CT molecular complexity index is 717. The molecular weight excluding hydrogens is 314 g/mol. The topological polar surface area (TPSA) is 55.1 Å². The number of pyridine rings is 1. The molecule has 0 saturated carbocycles. The first kappa shape index (κ1) is 11.6.